The number of aryl methyl sites for hydroxylation is 1. The molecule has 1 amide bonds. The van der Waals surface area contributed by atoms with Crippen LogP contribution in [0.4, 0.5) is 11.4 Å². The second-order valence-corrected chi connectivity index (χ2v) is 6.75. The molecule has 0 unspecified atom stereocenters. The highest BCUT2D eigenvalue weighted by Crippen LogP contribution is 2.31. The Kier molecular flexibility index (Phi) is 4.81. The van der Waals surface area contributed by atoms with Gasteiger partial charge in [-0.05, 0) is 17.5 Å². The van der Waals surface area contributed by atoms with E-state index in [-0.39, 0.29) is 17.1 Å². The van der Waals surface area contributed by atoms with Crippen LogP contribution >= 0.6 is 0 Å². The molecule has 0 aliphatic carbocycles. The van der Waals surface area contributed by atoms with Gasteiger partial charge in [-0.15, -0.1) is 0 Å². The molecule has 0 spiro atoms. The molecule has 0 aliphatic rings. The number of nitriles is 1. The molecule has 0 saturated heterocycles. The third kappa shape index (κ3) is 3.42. The van der Waals surface area contributed by atoms with Crippen molar-refractivity contribution in [2.24, 2.45) is 7.05 Å². The van der Waals surface area contributed by atoms with Gasteiger partial charge in [0, 0.05) is 35.6 Å². The summed E-state index contributed by atoms with van der Waals surface area (Å²) < 4.78 is 1.58. The molecule has 9 nitrogen and oxygen atoms in total. The fourth-order valence-electron chi connectivity index (χ4n) is 3.44. The highest BCUT2D eigenvalue weighted by molar-refractivity contribution is 6.14. The lowest BCUT2D eigenvalue weighted by atomic mass is 10.0. The zero-order valence-electron chi connectivity index (χ0n) is 16.2. The summed E-state index contributed by atoms with van der Waals surface area (Å²) >= 11 is 0. The van der Waals surface area contributed by atoms with Crippen molar-refractivity contribution in [2.45, 2.75) is 0 Å². The number of fused-ring (bicyclic) bond motifs is 3. The SMILES string of the molecule is Cn1nc(/C(O)=C(\C#N)C(=O)Nc2cccc([N+](=O)[O-])c2)c2ccc3ccccc3c21. The molecule has 0 aliphatic heterocycles. The average Bonchev–Trinajstić information content (AvgIpc) is 3.11. The normalized spacial score (nSPS) is 11.7. The molecule has 31 heavy (non-hydrogen) atoms. The number of nitro groups is 1. The fraction of sp³-hybridized carbons (Fsp3) is 0.0455. The Bertz CT molecular complexity index is 1450. The largest absolute Gasteiger partial charge is 0.504 e. The lowest BCUT2D eigenvalue weighted by molar-refractivity contribution is -0.384. The number of nitro benzene ring substituents is 1. The molecule has 2 N–H and O–H groups in total. The molecule has 0 atom stereocenters. The van der Waals surface area contributed by atoms with Crippen LogP contribution < -0.4 is 5.32 Å². The molecule has 3 aromatic carbocycles. The van der Waals surface area contributed by atoms with E-state index in [0.29, 0.717) is 5.39 Å². The van der Waals surface area contributed by atoms with Crippen LogP contribution in [0.25, 0.3) is 27.4 Å². The van der Waals surface area contributed by atoms with Gasteiger partial charge in [-0.1, -0.05) is 36.4 Å². The molecule has 152 valence electrons. The van der Waals surface area contributed by atoms with Gasteiger partial charge in [-0.3, -0.25) is 19.6 Å². The van der Waals surface area contributed by atoms with Gasteiger partial charge in [0.2, 0.25) is 0 Å². The standard InChI is InChI=1S/C22H15N5O4/c1-26-20-16-8-3-2-5-13(16)9-10-17(20)19(25-26)21(28)18(12-23)22(29)24-14-6-4-7-15(11-14)27(30)31/h2-11,28H,1H3,(H,24,29)/b21-18-. The molecule has 0 radical (unpaired) electrons. The smallest absolute Gasteiger partial charge is 0.271 e. The third-order valence-corrected chi connectivity index (χ3v) is 4.84. The van der Waals surface area contributed by atoms with Crippen LogP contribution in [0, 0.1) is 21.4 Å². The summed E-state index contributed by atoms with van der Waals surface area (Å²) in [5, 5.41) is 40.4. The van der Waals surface area contributed by atoms with Crippen molar-refractivity contribution in [1.82, 2.24) is 9.78 Å². The number of aromatic nitrogens is 2. The summed E-state index contributed by atoms with van der Waals surface area (Å²) in [6.45, 7) is 0. The summed E-state index contributed by atoms with van der Waals surface area (Å²) in [6, 6.07) is 18.3. The number of hydrogen-bond donors (Lipinski definition) is 2. The van der Waals surface area contributed by atoms with Gasteiger partial charge in [0.15, 0.2) is 11.3 Å². The first-order valence-corrected chi connectivity index (χ1v) is 9.14. The molecule has 1 heterocycles. The van der Waals surface area contributed by atoms with Crippen LogP contribution in [0.1, 0.15) is 5.69 Å². The van der Waals surface area contributed by atoms with E-state index in [1.807, 2.05) is 30.3 Å². The maximum atomic E-state index is 12.6. The minimum absolute atomic E-state index is 0.0917. The van der Waals surface area contributed by atoms with Crippen LogP contribution in [0.15, 0.2) is 66.2 Å². The Labute approximate surface area is 175 Å². The first kappa shape index (κ1) is 19.6. The molecular formula is C22H15N5O4. The lowest BCUT2D eigenvalue weighted by Crippen LogP contribution is -2.15. The van der Waals surface area contributed by atoms with E-state index in [0.717, 1.165) is 22.4 Å². The molecule has 0 fully saturated rings. The van der Waals surface area contributed by atoms with Crippen molar-refractivity contribution >= 4 is 44.7 Å². The minimum atomic E-state index is -0.903. The summed E-state index contributed by atoms with van der Waals surface area (Å²) in [4.78, 5) is 23.0. The number of aliphatic hydroxyl groups excluding tert-OH is 1. The van der Waals surface area contributed by atoms with E-state index in [2.05, 4.69) is 10.4 Å². The van der Waals surface area contributed by atoms with Crippen molar-refractivity contribution in [1.29, 1.82) is 5.26 Å². The average molecular weight is 413 g/mol. The van der Waals surface area contributed by atoms with Crippen molar-refractivity contribution < 1.29 is 14.8 Å². The monoisotopic (exact) mass is 413 g/mol. The number of amides is 1. The van der Waals surface area contributed by atoms with Crippen LogP contribution in [0.5, 0.6) is 0 Å². The molecule has 0 saturated carbocycles. The zero-order valence-corrected chi connectivity index (χ0v) is 16.2. The Hall–Kier alpha value is -4.71. The Morgan fingerprint density at radius 3 is 2.68 bits per heavy atom. The summed E-state index contributed by atoms with van der Waals surface area (Å²) in [6.07, 6.45) is 0. The Morgan fingerprint density at radius 1 is 1.16 bits per heavy atom. The van der Waals surface area contributed by atoms with Crippen molar-refractivity contribution in [3.8, 4) is 6.07 Å². The van der Waals surface area contributed by atoms with Crippen molar-refractivity contribution in [3.05, 3.63) is 82.0 Å². The Balaban J connectivity index is 1.79. The topological polar surface area (TPSA) is 134 Å². The van der Waals surface area contributed by atoms with Crippen LogP contribution in [-0.4, -0.2) is 25.7 Å². The summed E-state index contributed by atoms with van der Waals surface area (Å²) in [5.41, 5.74) is 0.188. The van der Waals surface area contributed by atoms with E-state index in [9.17, 15) is 25.3 Å². The molecule has 9 heteroatoms. The number of carbonyl (C=O) groups is 1. The van der Waals surface area contributed by atoms with E-state index in [1.54, 1.807) is 23.9 Å². The third-order valence-electron chi connectivity index (χ3n) is 4.84. The maximum Gasteiger partial charge on any atom is 0.271 e. The van der Waals surface area contributed by atoms with Crippen molar-refractivity contribution in [3.63, 3.8) is 0 Å². The number of nitrogens with one attached hydrogen (secondary N) is 1. The second kappa shape index (κ2) is 7.61. The van der Waals surface area contributed by atoms with Gasteiger partial charge >= 0.3 is 0 Å². The predicted octanol–water partition coefficient (Wildman–Crippen LogP) is 4.07. The zero-order chi connectivity index (χ0) is 22.1. The maximum absolute atomic E-state index is 12.6. The summed E-state index contributed by atoms with van der Waals surface area (Å²) in [7, 11) is 1.71. The van der Waals surface area contributed by atoms with Crippen LogP contribution in [-0.2, 0) is 11.8 Å². The number of benzene rings is 3. The highest BCUT2D eigenvalue weighted by atomic mass is 16.6. The number of rotatable bonds is 4. The van der Waals surface area contributed by atoms with Gasteiger partial charge in [0.25, 0.3) is 11.6 Å². The highest BCUT2D eigenvalue weighted by Gasteiger charge is 2.22. The van der Waals surface area contributed by atoms with Gasteiger partial charge in [0.05, 0.1) is 10.4 Å². The number of anilines is 1. The van der Waals surface area contributed by atoms with Gasteiger partial charge < -0.3 is 10.4 Å². The van der Waals surface area contributed by atoms with E-state index >= 15 is 0 Å². The minimum Gasteiger partial charge on any atom is -0.504 e. The fourth-order valence-corrected chi connectivity index (χ4v) is 3.44. The number of nitrogens with zero attached hydrogens (tertiary/aromatic N) is 4. The number of non-ortho nitro benzene ring substituents is 1. The molecule has 4 rings (SSSR count). The van der Waals surface area contributed by atoms with E-state index < -0.39 is 22.2 Å². The Morgan fingerprint density at radius 2 is 1.94 bits per heavy atom. The van der Waals surface area contributed by atoms with E-state index in [4.69, 9.17) is 0 Å². The van der Waals surface area contributed by atoms with Gasteiger partial charge in [0.1, 0.15) is 11.8 Å². The van der Waals surface area contributed by atoms with E-state index in [1.165, 1.54) is 18.2 Å². The van der Waals surface area contributed by atoms with Crippen LogP contribution in [0.3, 0.4) is 0 Å². The number of aliphatic hydroxyl groups is 1. The molecule has 4 aromatic rings. The molecule has 1 aromatic heterocycles. The number of hydrogen-bond acceptors (Lipinski definition) is 6. The first-order chi connectivity index (χ1) is 14.9. The van der Waals surface area contributed by atoms with Crippen LogP contribution in [0.2, 0.25) is 0 Å². The van der Waals surface area contributed by atoms with Crippen molar-refractivity contribution in [2.75, 3.05) is 5.32 Å². The quantitative estimate of drug-likeness (QED) is 0.170. The van der Waals surface area contributed by atoms with Gasteiger partial charge in [-0.25, -0.2) is 0 Å². The second-order valence-electron chi connectivity index (χ2n) is 6.75. The van der Waals surface area contributed by atoms with Gasteiger partial charge in [-0.2, -0.15) is 10.4 Å². The first-order valence-electron chi connectivity index (χ1n) is 9.14. The predicted molar refractivity (Wildman–Crippen MR) is 115 cm³/mol. The summed E-state index contributed by atoms with van der Waals surface area (Å²) in [5.74, 6) is -1.48. The molecular weight excluding hydrogens is 398 g/mol. The molecule has 0 bridgehead atoms. The lowest BCUT2D eigenvalue weighted by Gasteiger charge is -2.06. The number of carbonyl (C=O) groups excluding carboxylic acids is 1.